The molecule has 28 heavy (non-hydrogen) atoms. The van der Waals surface area contributed by atoms with Gasteiger partial charge in [0.15, 0.2) is 5.69 Å². The minimum Gasteiger partial charge on any atom is -0.225 e. The van der Waals surface area contributed by atoms with Crippen molar-refractivity contribution in [2.24, 2.45) is 5.14 Å². The third-order valence-electron chi connectivity index (χ3n) is 3.58. The van der Waals surface area contributed by atoms with E-state index in [0.717, 1.165) is 10.7 Å². The molecule has 2 N–H and O–H groups in total. The average Bonchev–Trinajstić information content (AvgIpc) is 3.04. The van der Waals surface area contributed by atoms with Gasteiger partial charge in [-0.15, -0.1) is 0 Å². The molecule has 10 heteroatoms. The first-order valence-corrected chi connectivity index (χ1v) is 9.55. The van der Waals surface area contributed by atoms with Gasteiger partial charge in [-0.2, -0.15) is 18.3 Å². The van der Waals surface area contributed by atoms with E-state index in [4.69, 9.17) is 16.7 Å². The van der Waals surface area contributed by atoms with E-state index in [1.54, 1.807) is 12.1 Å². The number of rotatable bonds is 2. The summed E-state index contributed by atoms with van der Waals surface area (Å²) in [4.78, 5) is -0.158. The molecule has 1 heterocycles. The molecular formula is C18H11ClF3N3O2S. The molecule has 0 amide bonds. The number of halogens is 4. The monoisotopic (exact) mass is 425 g/mol. The standard InChI is InChI=1S/C18H11ClF3N3O2S/c19-15-6-1-2-7-16(15)25-13(11-17(24-25)18(20,21)22)9-8-12-4-3-5-14(10-12)28(23,26)27/h1-7,10-11H,(H2,23,26,27). The summed E-state index contributed by atoms with van der Waals surface area (Å²) >= 11 is 6.07. The van der Waals surface area contributed by atoms with Crippen LogP contribution in [0.1, 0.15) is 17.0 Å². The Morgan fingerprint density at radius 2 is 1.75 bits per heavy atom. The minimum atomic E-state index is -4.67. The summed E-state index contributed by atoms with van der Waals surface area (Å²) in [5, 5.41) is 8.83. The van der Waals surface area contributed by atoms with Crippen LogP contribution in [0.3, 0.4) is 0 Å². The maximum Gasteiger partial charge on any atom is 0.435 e. The molecule has 144 valence electrons. The van der Waals surface area contributed by atoms with Crippen LogP contribution in [0.5, 0.6) is 0 Å². The second kappa shape index (κ2) is 7.31. The summed E-state index contributed by atoms with van der Waals surface area (Å²) in [6.07, 6.45) is -4.67. The Kier molecular flexibility index (Phi) is 5.21. The fourth-order valence-electron chi connectivity index (χ4n) is 2.30. The van der Waals surface area contributed by atoms with E-state index >= 15 is 0 Å². The van der Waals surface area contributed by atoms with E-state index in [9.17, 15) is 21.6 Å². The van der Waals surface area contributed by atoms with Gasteiger partial charge in [0.1, 0.15) is 5.69 Å². The number of alkyl halides is 3. The third kappa shape index (κ3) is 4.36. The largest absolute Gasteiger partial charge is 0.435 e. The van der Waals surface area contributed by atoms with Crippen LogP contribution < -0.4 is 5.14 Å². The number of primary sulfonamides is 1. The lowest BCUT2D eigenvalue weighted by molar-refractivity contribution is -0.141. The molecule has 5 nitrogen and oxygen atoms in total. The van der Waals surface area contributed by atoms with Crippen LogP contribution in [0.15, 0.2) is 59.5 Å². The van der Waals surface area contributed by atoms with Crippen molar-refractivity contribution >= 4 is 21.6 Å². The topological polar surface area (TPSA) is 78.0 Å². The van der Waals surface area contributed by atoms with Gasteiger partial charge in [-0.25, -0.2) is 18.2 Å². The highest BCUT2D eigenvalue weighted by molar-refractivity contribution is 7.89. The maximum absolute atomic E-state index is 13.1. The van der Waals surface area contributed by atoms with Crippen molar-refractivity contribution in [3.63, 3.8) is 0 Å². The van der Waals surface area contributed by atoms with Crippen LogP contribution >= 0.6 is 11.6 Å². The number of nitrogens with zero attached hydrogens (tertiary/aromatic N) is 2. The average molecular weight is 426 g/mol. The number of hydrogen-bond acceptors (Lipinski definition) is 3. The summed E-state index contributed by atoms with van der Waals surface area (Å²) in [6.45, 7) is 0. The van der Waals surface area contributed by atoms with Gasteiger partial charge < -0.3 is 0 Å². The van der Waals surface area contributed by atoms with Crippen LogP contribution in [0.4, 0.5) is 13.2 Å². The van der Waals surface area contributed by atoms with Crippen molar-refractivity contribution in [3.8, 4) is 17.5 Å². The fourth-order valence-corrected chi connectivity index (χ4v) is 3.08. The zero-order valence-corrected chi connectivity index (χ0v) is 15.5. The normalized spacial score (nSPS) is 11.8. The smallest absolute Gasteiger partial charge is 0.225 e. The molecule has 0 radical (unpaired) electrons. The second-order valence-electron chi connectivity index (χ2n) is 5.60. The van der Waals surface area contributed by atoms with Gasteiger partial charge in [-0.3, -0.25) is 0 Å². The number of sulfonamides is 1. The highest BCUT2D eigenvalue weighted by Crippen LogP contribution is 2.30. The first kappa shape index (κ1) is 19.9. The Morgan fingerprint density at radius 1 is 1.04 bits per heavy atom. The van der Waals surface area contributed by atoms with Gasteiger partial charge in [0.05, 0.1) is 15.6 Å². The zero-order valence-electron chi connectivity index (χ0n) is 13.9. The van der Waals surface area contributed by atoms with Crippen molar-refractivity contribution in [2.75, 3.05) is 0 Å². The molecule has 0 unspecified atom stereocenters. The molecule has 3 rings (SSSR count). The van der Waals surface area contributed by atoms with E-state index in [1.807, 2.05) is 0 Å². The van der Waals surface area contributed by atoms with Gasteiger partial charge in [0.25, 0.3) is 0 Å². The van der Waals surface area contributed by atoms with Gasteiger partial charge in [0, 0.05) is 11.6 Å². The van der Waals surface area contributed by atoms with Gasteiger partial charge in [-0.05, 0) is 36.3 Å². The van der Waals surface area contributed by atoms with Gasteiger partial charge >= 0.3 is 6.18 Å². The van der Waals surface area contributed by atoms with Crippen molar-refractivity contribution in [1.29, 1.82) is 0 Å². The number of hydrogen-bond donors (Lipinski definition) is 1. The van der Waals surface area contributed by atoms with Crippen molar-refractivity contribution in [1.82, 2.24) is 9.78 Å². The molecule has 0 saturated carbocycles. The highest BCUT2D eigenvalue weighted by Gasteiger charge is 2.35. The predicted molar refractivity (Wildman–Crippen MR) is 97.4 cm³/mol. The molecule has 0 saturated heterocycles. The van der Waals surface area contributed by atoms with Crippen molar-refractivity contribution in [3.05, 3.63) is 76.6 Å². The third-order valence-corrected chi connectivity index (χ3v) is 4.81. The first-order valence-electron chi connectivity index (χ1n) is 7.63. The van der Waals surface area contributed by atoms with E-state index in [-0.39, 0.29) is 26.9 Å². The number of benzene rings is 2. The lowest BCUT2D eigenvalue weighted by Crippen LogP contribution is -2.12. The molecule has 0 aliphatic heterocycles. The first-order chi connectivity index (χ1) is 13.1. The molecular weight excluding hydrogens is 415 g/mol. The molecule has 0 atom stereocenters. The molecule has 0 spiro atoms. The Morgan fingerprint density at radius 3 is 2.39 bits per heavy atom. The van der Waals surface area contributed by atoms with Gasteiger partial charge in [0.2, 0.25) is 10.0 Å². The summed E-state index contributed by atoms with van der Waals surface area (Å²) < 4.78 is 63.2. The van der Waals surface area contributed by atoms with Crippen molar-refractivity contribution in [2.45, 2.75) is 11.1 Å². The molecule has 0 bridgehead atoms. The summed E-state index contributed by atoms with van der Waals surface area (Å²) in [7, 11) is -3.93. The second-order valence-corrected chi connectivity index (χ2v) is 7.57. The fraction of sp³-hybridized carbons (Fsp3) is 0.0556. The summed E-state index contributed by atoms with van der Waals surface area (Å²) in [6, 6.07) is 12.5. The molecule has 0 aliphatic rings. The Bertz CT molecular complexity index is 1210. The van der Waals surface area contributed by atoms with Crippen LogP contribution in [0.25, 0.3) is 5.69 Å². The Balaban J connectivity index is 2.12. The molecule has 1 aromatic heterocycles. The Hall–Kier alpha value is -2.80. The van der Waals surface area contributed by atoms with E-state index < -0.39 is 21.9 Å². The number of para-hydroxylation sites is 1. The molecule has 0 aliphatic carbocycles. The molecule has 3 aromatic rings. The summed E-state index contributed by atoms with van der Waals surface area (Å²) in [5.74, 6) is 5.21. The zero-order chi connectivity index (χ0) is 20.5. The number of aromatic nitrogens is 2. The minimum absolute atomic E-state index is 0.0681. The highest BCUT2D eigenvalue weighted by atomic mass is 35.5. The lowest BCUT2D eigenvalue weighted by atomic mass is 10.2. The lowest BCUT2D eigenvalue weighted by Gasteiger charge is -2.06. The molecule has 2 aromatic carbocycles. The van der Waals surface area contributed by atoms with Crippen molar-refractivity contribution < 1.29 is 21.6 Å². The van der Waals surface area contributed by atoms with Crippen LogP contribution in [-0.4, -0.2) is 18.2 Å². The quantitative estimate of drug-likeness (QED) is 0.637. The van der Waals surface area contributed by atoms with E-state index in [0.29, 0.717) is 0 Å². The van der Waals surface area contributed by atoms with E-state index in [1.165, 1.54) is 36.4 Å². The van der Waals surface area contributed by atoms with Crippen LogP contribution in [-0.2, 0) is 16.2 Å². The number of nitrogens with two attached hydrogens (primary N) is 1. The summed E-state index contributed by atoms with van der Waals surface area (Å²) in [5.41, 5.74) is -0.717. The van der Waals surface area contributed by atoms with E-state index in [2.05, 4.69) is 16.9 Å². The molecule has 0 fully saturated rings. The Labute approximate surface area is 163 Å². The SMILES string of the molecule is NS(=O)(=O)c1cccc(C#Cc2cc(C(F)(F)F)nn2-c2ccccc2Cl)c1. The predicted octanol–water partition coefficient (Wildman–Crippen LogP) is 3.59. The van der Waals surface area contributed by atoms with Crippen LogP contribution in [0, 0.1) is 11.8 Å². The van der Waals surface area contributed by atoms with Crippen LogP contribution in [0.2, 0.25) is 5.02 Å². The van der Waals surface area contributed by atoms with Gasteiger partial charge in [-0.1, -0.05) is 35.7 Å². The maximum atomic E-state index is 13.1.